The molecule has 1 aliphatic heterocycles. The number of nitrogens with zero attached hydrogens (tertiary/aromatic N) is 1. The summed E-state index contributed by atoms with van der Waals surface area (Å²) in [6.07, 6.45) is 5.03. The van der Waals surface area contributed by atoms with Crippen molar-refractivity contribution in [1.29, 1.82) is 0 Å². The molecule has 1 fully saturated rings. The minimum Gasteiger partial charge on any atom is -0.381 e. The van der Waals surface area contributed by atoms with E-state index in [9.17, 15) is 4.39 Å². The smallest absolute Gasteiger partial charge is 0.141 e. The number of ether oxygens (including phenoxy) is 1. The molecular weight excluding hydrogens is 207 g/mol. The van der Waals surface area contributed by atoms with Gasteiger partial charge in [-0.05, 0) is 37.4 Å². The lowest BCUT2D eigenvalue weighted by Gasteiger charge is -2.19. The van der Waals surface area contributed by atoms with Gasteiger partial charge in [0.15, 0.2) is 0 Å². The van der Waals surface area contributed by atoms with E-state index < -0.39 is 0 Å². The van der Waals surface area contributed by atoms with Gasteiger partial charge in [-0.3, -0.25) is 4.98 Å². The summed E-state index contributed by atoms with van der Waals surface area (Å²) in [4.78, 5) is 3.88. The molecule has 0 spiro atoms. The second-order valence-corrected chi connectivity index (χ2v) is 4.24. The summed E-state index contributed by atoms with van der Waals surface area (Å²) < 4.78 is 18.4. The quantitative estimate of drug-likeness (QED) is 0.848. The highest BCUT2D eigenvalue weighted by atomic mass is 19.1. The summed E-state index contributed by atoms with van der Waals surface area (Å²) in [5.74, 6) is 0.293. The Morgan fingerprint density at radius 2 is 2.50 bits per heavy atom. The van der Waals surface area contributed by atoms with Crippen molar-refractivity contribution >= 4 is 0 Å². The first-order valence-electron chi connectivity index (χ1n) is 5.65. The monoisotopic (exact) mass is 224 g/mol. The van der Waals surface area contributed by atoms with Gasteiger partial charge >= 0.3 is 0 Å². The van der Waals surface area contributed by atoms with Crippen LogP contribution < -0.4 is 5.32 Å². The van der Waals surface area contributed by atoms with Crippen LogP contribution in [0, 0.1) is 11.7 Å². The molecule has 0 amide bonds. The van der Waals surface area contributed by atoms with Gasteiger partial charge in [-0.2, -0.15) is 0 Å². The number of aromatic nitrogens is 1. The molecule has 0 bridgehead atoms. The number of rotatable bonds is 4. The van der Waals surface area contributed by atoms with Gasteiger partial charge in [-0.1, -0.05) is 0 Å². The third-order valence-electron chi connectivity index (χ3n) is 3.07. The van der Waals surface area contributed by atoms with Gasteiger partial charge in [0, 0.05) is 25.5 Å². The second-order valence-electron chi connectivity index (χ2n) is 4.24. The average molecular weight is 224 g/mol. The van der Waals surface area contributed by atoms with E-state index in [1.807, 2.05) is 7.05 Å². The number of halogens is 1. The Morgan fingerprint density at radius 1 is 1.62 bits per heavy atom. The minimum atomic E-state index is -0.277. The summed E-state index contributed by atoms with van der Waals surface area (Å²) in [5.41, 5.74) is 0.911. The van der Waals surface area contributed by atoms with E-state index in [1.54, 1.807) is 12.3 Å². The number of nitrogens with one attached hydrogen (secondary N) is 1. The molecule has 0 aromatic carbocycles. The fourth-order valence-electron chi connectivity index (χ4n) is 2.14. The van der Waals surface area contributed by atoms with Crippen molar-refractivity contribution in [3.63, 3.8) is 0 Å². The molecule has 1 aromatic heterocycles. The standard InChI is InChI=1S/C12H17FN2O/c1-14-12(4-9-2-3-16-8-9)10-5-11(13)7-15-6-10/h5-7,9,12,14H,2-4,8H2,1H3. The van der Waals surface area contributed by atoms with E-state index in [-0.39, 0.29) is 11.9 Å². The highest BCUT2D eigenvalue weighted by Gasteiger charge is 2.21. The van der Waals surface area contributed by atoms with Crippen LogP contribution in [0.1, 0.15) is 24.4 Å². The fraction of sp³-hybridized carbons (Fsp3) is 0.583. The van der Waals surface area contributed by atoms with Crippen molar-refractivity contribution in [1.82, 2.24) is 10.3 Å². The molecule has 4 heteroatoms. The summed E-state index contributed by atoms with van der Waals surface area (Å²) >= 11 is 0. The average Bonchev–Trinajstić information content (AvgIpc) is 2.78. The Labute approximate surface area is 95.0 Å². The van der Waals surface area contributed by atoms with Crippen molar-refractivity contribution in [2.45, 2.75) is 18.9 Å². The molecule has 16 heavy (non-hydrogen) atoms. The lowest BCUT2D eigenvalue weighted by atomic mass is 9.95. The van der Waals surface area contributed by atoms with Crippen molar-refractivity contribution in [3.8, 4) is 0 Å². The molecule has 2 heterocycles. The molecule has 1 aromatic rings. The second kappa shape index (κ2) is 5.37. The van der Waals surface area contributed by atoms with Crippen LogP contribution in [0.5, 0.6) is 0 Å². The zero-order chi connectivity index (χ0) is 11.4. The van der Waals surface area contributed by atoms with Gasteiger partial charge in [0.1, 0.15) is 5.82 Å². The maximum atomic E-state index is 13.1. The fourth-order valence-corrected chi connectivity index (χ4v) is 2.14. The summed E-state index contributed by atoms with van der Waals surface area (Å²) in [6.45, 7) is 1.67. The lowest BCUT2D eigenvalue weighted by Crippen LogP contribution is -2.20. The molecule has 1 aliphatic rings. The van der Waals surface area contributed by atoms with Crippen molar-refractivity contribution < 1.29 is 9.13 Å². The molecule has 3 nitrogen and oxygen atoms in total. The molecule has 2 unspecified atom stereocenters. The Balaban J connectivity index is 2.03. The van der Waals surface area contributed by atoms with Crippen LogP contribution in [0.4, 0.5) is 4.39 Å². The SMILES string of the molecule is CNC(CC1CCOC1)c1cncc(F)c1. The van der Waals surface area contributed by atoms with Gasteiger partial charge in [0.05, 0.1) is 6.20 Å². The van der Waals surface area contributed by atoms with E-state index in [1.165, 1.54) is 6.20 Å². The number of hydrogen-bond donors (Lipinski definition) is 1. The summed E-state index contributed by atoms with van der Waals surface area (Å²) in [7, 11) is 1.89. The highest BCUT2D eigenvalue weighted by Crippen LogP contribution is 2.26. The summed E-state index contributed by atoms with van der Waals surface area (Å²) in [5, 5.41) is 3.21. The molecule has 2 atom stereocenters. The van der Waals surface area contributed by atoms with Crippen LogP contribution in [0.3, 0.4) is 0 Å². The van der Waals surface area contributed by atoms with E-state index in [0.717, 1.165) is 31.6 Å². The molecule has 0 saturated carbocycles. The van der Waals surface area contributed by atoms with E-state index >= 15 is 0 Å². The first kappa shape index (κ1) is 11.5. The van der Waals surface area contributed by atoms with Gasteiger partial charge < -0.3 is 10.1 Å². The van der Waals surface area contributed by atoms with Gasteiger partial charge in [-0.25, -0.2) is 4.39 Å². The largest absolute Gasteiger partial charge is 0.381 e. The normalized spacial score (nSPS) is 22.2. The van der Waals surface area contributed by atoms with Crippen LogP contribution in [-0.2, 0) is 4.74 Å². The highest BCUT2D eigenvalue weighted by molar-refractivity contribution is 5.15. The van der Waals surface area contributed by atoms with Crippen LogP contribution >= 0.6 is 0 Å². The molecule has 0 radical (unpaired) electrons. The van der Waals surface area contributed by atoms with Crippen LogP contribution in [-0.4, -0.2) is 25.2 Å². The first-order chi connectivity index (χ1) is 7.79. The Morgan fingerprint density at radius 3 is 3.12 bits per heavy atom. The Bertz CT molecular complexity index is 340. The van der Waals surface area contributed by atoms with E-state index in [0.29, 0.717) is 5.92 Å². The maximum Gasteiger partial charge on any atom is 0.141 e. The number of hydrogen-bond acceptors (Lipinski definition) is 3. The molecule has 1 saturated heterocycles. The molecule has 88 valence electrons. The molecule has 1 N–H and O–H groups in total. The summed E-state index contributed by atoms with van der Waals surface area (Å²) in [6, 6.07) is 1.71. The van der Waals surface area contributed by atoms with E-state index in [2.05, 4.69) is 10.3 Å². The third kappa shape index (κ3) is 2.77. The lowest BCUT2D eigenvalue weighted by molar-refractivity contribution is 0.181. The first-order valence-corrected chi connectivity index (χ1v) is 5.65. The maximum absolute atomic E-state index is 13.1. The molecule has 2 rings (SSSR count). The molecule has 0 aliphatic carbocycles. The van der Waals surface area contributed by atoms with Gasteiger partial charge in [0.25, 0.3) is 0 Å². The Hall–Kier alpha value is -1.00. The van der Waals surface area contributed by atoms with E-state index in [4.69, 9.17) is 4.74 Å². The van der Waals surface area contributed by atoms with Crippen molar-refractivity contribution in [2.24, 2.45) is 5.92 Å². The predicted molar refractivity (Wildman–Crippen MR) is 59.5 cm³/mol. The minimum absolute atomic E-state index is 0.162. The zero-order valence-corrected chi connectivity index (χ0v) is 9.45. The van der Waals surface area contributed by atoms with Crippen LogP contribution in [0.2, 0.25) is 0 Å². The zero-order valence-electron chi connectivity index (χ0n) is 9.45. The van der Waals surface area contributed by atoms with Crippen LogP contribution in [0.15, 0.2) is 18.5 Å². The van der Waals surface area contributed by atoms with Crippen molar-refractivity contribution in [3.05, 3.63) is 29.8 Å². The number of pyridine rings is 1. The Kier molecular flexibility index (Phi) is 3.85. The predicted octanol–water partition coefficient (Wildman–Crippen LogP) is 1.91. The van der Waals surface area contributed by atoms with Crippen LogP contribution in [0.25, 0.3) is 0 Å². The van der Waals surface area contributed by atoms with Gasteiger partial charge in [0.2, 0.25) is 0 Å². The van der Waals surface area contributed by atoms with Gasteiger partial charge in [-0.15, -0.1) is 0 Å². The van der Waals surface area contributed by atoms with Crippen molar-refractivity contribution in [2.75, 3.05) is 20.3 Å². The topological polar surface area (TPSA) is 34.1 Å². The third-order valence-corrected chi connectivity index (χ3v) is 3.07. The molecular formula is C12H17FN2O.